The lowest BCUT2D eigenvalue weighted by atomic mass is 9.84. The second kappa shape index (κ2) is 3.38. The fourth-order valence-corrected chi connectivity index (χ4v) is 4.93. The van der Waals surface area contributed by atoms with Crippen LogP contribution >= 0.6 is 0 Å². The Kier molecular flexibility index (Phi) is 2.17. The van der Waals surface area contributed by atoms with E-state index in [2.05, 4.69) is 5.32 Å². The number of fused-ring (bicyclic) bond motifs is 1. The van der Waals surface area contributed by atoms with Crippen LogP contribution in [0.25, 0.3) is 0 Å². The van der Waals surface area contributed by atoms with E-state index >= 15 is 0 Å². The molecule has 1 fully saturated rings. The fourth-order valence-electron chi connectivity index (χ4n) is 2.67. The molecule has 0 aromatic heterocycles. The highest BCUT2D eigenvalue weighted by atomic mass is 32.2. The van der Waals surface area contributed by atoms with Crippen LogP contribution in [0.2, 0.25) is 0 Å². The van der Waals surface area contributed by atoms with Crippen molar-refractivity contribution in [2.75, 3.05) is 19.0 Å². The van der Waals surface area contributed by atoms with E-state index in [1.54, 1.807) is 25.3 Å². The molecule has 1 saturated carbocycles. The van der Waals surface area contributed by atoms with Gasteiger partial charge in [-0.3, -0.25) is 0 Å². The van der Waals surface area contributed by atoms with Gasteiger partial charge in [0.25, 0.3) is 0 Å². The van der Waals surface area contributed by atoms with Crippen molar-refractivity contribution in [2.24, 2.45) is 0 Å². The predicted octanol–water partition coefficient (Wildman–Crippen LogP) is 1.82. The largest absolute Gasteiger partial charge is 0.495 e. The van der Waals surface area contributed by atoms with Crippen molar-refractivity contribution in [1.82, 2.24) is 0 Å². The van der Waals surface area contributed by atoms with Gasteiger partial charge < -0.3 is 10.1 Å². The topological polar surface area (TPSA) is 55.4 Å². The third-order valence-corrected chi connectivity index (χ3v) is 6.53. The first-order valence-electron chi connectivity index (χ1n) is 5.76. The summed E-state index contributed by atoms with van der Waals surface area (Å²) in [7, 11) is -1.67. The lowest BCUT2D eigenvalue weighted by Gasteiger charge is -2.44. The molecule has 0 saturated heterocycles. The van der Waals surface area contributed by atoms with Crippen molar-refractivity contribution in [3.05, 3.63) is 18.2 Å². The molecule has 1 aromatic rings. The summed E-state index contributed by atoms with van der Waals surface area (Å²) in [6, 6.07) is 5.17. The Morgan fingerprint density at radius 1 is 1.35 bits per heavy atom. The van der Waals surface area contributed by atoms with Gasteiger partial charge in [-0.15, -0.1) is 0 Å². The van der Waals surface area contributed by atoms with E-state index in [1.165, 1.54) is 0 Å². The van der Waals surface area contributed by atoms with Gasteiger partial charge in [-0.2, -0.15) is 0 Å². The van der Waals surface area contributed by atoms with Crippen LogP contribution in [0.1, 0.15) is 19.3 Å². The van der Waals surface area contributed by atoms with E-state index in [0.29, 0.717) is 22.9 Å². The molecule has 0 radical (unpaired) electrons. The van der Waals surface area contributed by atoms with E-state index in [9.17, 15) is 8.42 Å². The zero-order valence-corrected chi connectivity index (χ0v) is 10.5. The number of nitrogens with one attached hydrogen (secondary N) is 1. The van der Waals surface area contributed by atoms with Crippen molar-refractivity contribution in [3.8, 4) is 5.75 Å². The van der Waals surface area contributed by atoms with Crippen LogP contribution in [0.5, 0.6) is 5.75 Å². The Hall–Kier alpha value is -1.23. The quantitative estimate of drug-likeness (QED) is 0.829. The second-order valence-corrected chi connectivity index (χ2v) is 7.04. The van der Waals surface area contributed by atoms with Gasteiger partial charge >= 0.3 is 0 Å². The average Bonchev–Trinajstić information content (AvgIpc) is 2.26. The molecule has 1 heterocycles. The Labute approximate surface area is 101 Å². The summed E-state index contributed by atoms with van der Waals surface area (Å²) >= 11 is 0. The Bertz CT molecular complexity index is 561. The highest BCUT2D eigenvalue weighted by molar-refractivity contribution is 7.93. The molecule has 1 spiro atoms. The average molecular weight is 253 g/mol. The fraction of sp³-hybridized carbons (Fsp3) is 0.500. The van der Waals surface area contributed by atoms with Crippen LogP contribution in [0, 0.1) is 0 Å². The molecule has 1 N–H and O–H groups in total. The van der Waals surface area contributed by atoms with Gasteiger partial charge in [0, 0.05) is 6.54 Å². The standard InChI is InChI=1S/C12H15NO3S/c1-16-9-4-2-5-10-11(9)13-8-12(6-3-7-12)17(10,14)15/h2,4-5,13H,3,6-8H2,1H3. The number of ether oxygens (including phenoxy) is 1. The minimum absolute atomic E-state index is 0.391. The molecule has 0 atom stereocenters. The number of hydrogen-bond donors (Lipinski definition) is 1. The molecule has 1 aliphatic carbocycles. The number of anilines is 1. The summed E-state index contributed by atoms with van der Waals surface area (Å²) in [5.41, 5.74) is 0.618. The second-order valence-electron chi connectivity index (χ2n) is 4.73. The molecule has 17 heavy (non-hydrogen) atoms. The van der Waals surface area contributed by atoms with E-state index in [-0.39, 0.29) is 0 Å². The van der Waals surface area contributed by atoms with Crippen molar-refractivity contribution in [2.45, 2.75) is 28.9 Å². The van der Waals surface area contributed by atoms with Crippen LogP contribution in [0.15, 0.2) is 23.1 Å². The lowest BCUT2D eigenvalue weighted by molar-refractivity contribution is 0.345. The third kappa shape index (κ3) is 1.26. The first kappa shape index (κ1) is 10.9. The third-order valence-electron chi connectivity index (χ3n) is 3.92. The number of rotatable bonds is 1. The maximum atomic E-state index is 12.6. The van der Waals surface area contributed by atoms with Crippen LogP contribution in [0.3, 0.4) is 0 Å². The predicted molar refractivity (Wildman–Crippen MR) is 65.3 cm³/mol. The molecule has 1 aromatic carbocycles. The van der Waals surface area contributed by atoms with Crippen molar-refractivity contribution in [1.29, 1.82) is 0 Å². The zero-order valence-electron chi connectivity index (χ0n) is 9.69. The molecule has 4 nitrogen and oxygen atoms in total. The first-order valence-corrected chi connectivity index (χ1v) is 7.25. The Balaban J connectivity index is 2.20. The zero-order chi connectivity index (χ0) is 12.1. The summed E-state index contributed by atoms with van der Waals surface area (Å²) in [6.45, 7) is 0.503. The minimum atomic E-state index is -3.22. The monoisotopic (exact) mass is 253 g/mol. The molecule has 0 amide bonds. The Morgan fingerprint density at radius 3 is 2.71 bits per heavy atom. The van der Waals surface area contributed by atoms with Crippen molar-refractivity contribution in [3.63, 3.8) is 0 Å². The summed E-state index contributed by atoms with van der Waals surface area (Å²) < 4.78 is 29.8. The molecule has 3 rings (SSSR count). The maximum absolute atomic E-state index is 12.6. The van der Waals surface area contributed by atoms with Gasteiger partial charge in [0.05, 0.1) is 22.4 Å². The number of sulfone groups is 1. The summed E-state index contributed by atoms with van der Waals surface area (Å²) in [5.74, 6) is 0.597. The molecule has 0 unspecified atom stereocenters. The van der Waals surface area contributed by atoms with Crippen LogP contribution in [-0.2, 0) is 9.84 Å². The number of para-hydroxylation sites is 1. The van der Waals surface area contributed by atoms with Gasteiger partial charge in [0.15, 0.2) is 9.84 Å². The number of benzene rings is 1. The number of methoxy groups -OCH3 is 1. The van der Waals surface area contributed by atoms with E-state index in [1.807, 2.05) is 0 Å². The van der Waals surface area contributed by atoms with E-state index < -0.39 is 14.6 Å². The van der Waals surface area contributed by atoms with Crippen molar-refractivity contribution < 1.29 is 13.2 Å². The summed E-state index contributed by atoms with van der Waals surface area (Å²) in [4.78, 5) is 0.391. The lowest BCUT2D eigenvalue weighted by Crippen LogP contribution is -2.53. The summed E-state index contributed by atoms with van der Waals surface area (Å²) in [5, 5.41) is 3.23. The Morgan fingerprint density at radius 2 is 2.12 bits per heavy atom. The molecular weight excluding hydrogens is 238 g/mol. The van der Waals surface area contributed by atoms with Gasteiger partial charge in [0.1, 0.15) is 5.75 Å². The van der Waals surface area contributed by atoms with Gasteiger partial charge in [-0.05, 0) is 25.0 Å². The molecule has 1 aliphatic heterocycles. The molecule has 0 bridgehead atoms. The van der Waals surface area contributed by atoms with Crippen molar-refractivity contribution >= 4 is 15.5 Å². The highest BCUT2D eigenvalue weighted by Gasteiger charge is 2.52. The number of hydrogen-bond acceptors (Lipinski definition) is 4. The van der Waals surface area contributed by atoms with Crippen LogP contribution in [0.4, 0.5) is 5.69 Å². The van der Waals surface area contributed by atoms with E-state index in [0.717, 1.165) is 19.3 Å². The van der Waals surface area contributed by atoms with E-state index in [4.69, 9.17) is 4.74 Å². The normalized spacial score (nSPS) is 23.4. The highest BCUT2D eigenvalue weighted by Crippen LogP contribution is 2.49. The molecule has 92 valence electrons. The molecule has 2 aliphatic rings. The maximum Gasteiger partial charge on any atom is 0.187 e. The summed E-state index contributed by atoms with van der Waals surface area (Å²) in [6.07, 6.45) is 2.53. The van der Waals surface area contributed by atoms with Crippen LogP contribution in [-0.4, -0.2) is 26.8 Å². The smallest absolute Gasteiger partial charge is 0.187 e. The van der Waals surface area contributed by atoms with Gasteiger partial charge in [-0.25, -0.2) is 8.42 Å². The SMILES string of the molecule is COc1cccc2c1NCC1(CCC1)S2(=O)=O. The first-order chi connectivity index (χ1) is 8.11. The minimum Gasteiger partial charge on any atom is -0.495 e. The van der Waals surface area contributed by atoms with Gasteiger partial charge in [-0.1, -0.05) is 12.5 Å². The molecular formula is C12H15NO3S. The van der Waals surface area contributed by atoms with Crippen LogP contribution < -0.4 is 10.1 Å². The van der Waals surface area contributed by atoms with Gasteiger partial charge in [0.2, 0.25) is 0 Å². The molecule has 5 heteroatoms.